The molecule has 2 fully saturated rings. The number of nitrogens with zero attached hydrogens (tertiary/aromatic N) is 5. The summed E-state index contributed by atoms with van der Waals surface area (Å²) < 4.78 is 2.16. The Hall–Kier alpha value is -3.42. The predicted molar refractivity (Wildman–Crippen MR) is 175 cm³/mol. The Morgan fingerprint density at radius 1 is 1.02 bits per heavy atom. The first-order valence-electron chi connectivity index (χ1n) is 14.0. The molecule has 2 aliphatic heterocycles. The number of carbonyl (C=O) groups is 1. The molecule has 0 saturated carbocycles. The highest BCUT2D eigenvalue weighted by Crippen LogP contribution is 2.37. The molecule has 1 aromatic heterocycles. The van der Waals surface area contributed by atoms with E-state index in [1.54, 1.807) is 22.5 Å². The van der Waals surface area contributed by atoms with Crippen LogP contribution in [0.3, 0.4) is 0 Å². The minimum absolute atomic E-state index is 0.104. The maximum Gasteiger partial charge on any atom is 0.270 e. The summed E-state index contributed by atoms with van der Waals surface area (Å²) in [6.07, 6.45) is 2.55. The topological polar surface area (TPSA) is 72.6 Å². The quantitative estimate of drug-likeness (QED) is 0.233. The fraction of sp³-hybridized carbons (Fsp3) is 0.312. The Balaban J connectivity index is 1.50. The molecule has 0 radical (unpaired) electrons. The molecule has 42 heavy (non-hydrogen) atoms. The number of benzene rings is 2. The summed E-state index contributed by atoms with van der Waals surface area (Å²) in [6, 6.07) is 19.9. The number of aromatic nitrogens is 1. The van der Waals surface area contributed by atoms with Crippen molar-refractivity contribution >= 4 is 57.7 Å². The highest BCUT2D eigenvalue weighted by Gasteiger charge is 2.34. The van der Waals surface area contributed by atoms with E-state index in [2.05, 4.69) is 40.1 Å². The van der Waals surface area contributed by atoms with Crippen LogP contribution in [0.15, 0.2) is 64.3 Å². The monoisotopic (exact) mass is 617 g/mol. The van der Waals surface area contributed by atoms with Crippen LogP contribution in [0, 0.1) is 18.3 Å². The Labute approximate surface area is 261 Å². The first-order chi connectivity index (χ1) is 20.3. The smallest absolute Gasteiger partial charge is 0.270 e. The van der Waals surface area contributed by atoms with E-state index >= 15 is 0 Å². The lowest BCUT2D eigenvalue weighted by Gasteiger charge is -2.38. The van der Waals surface area contributed by atoms with Crippen molar-refractivity contribution in [3.05, 3.63) is 103 Å². The van der Waals surface area contributed by atoms with Crippen molar-refractivity contribution in [3.8, 4) is 6.07 Å². The number of halogens is 1. The van der Waals surface area contributed by atoms with Crippen molar-refractivity contribution in [2.75, 3.05) is 31.1 Å². The van der Waals surface area contributed by atoms with Crippen molar-refractivity contribution in [1.29, 1.82) is 5.26 Å². The molecule has 3 aromatic rings. The first kappa shape index (κ1) is 30.1. The van der Waals surface area contributed by atoms with Gasteiger partial charge in [-0.25, -0.2) is 0 Å². The second-order valence-electron chi connectivity index (χ2n) is 10.4. The molecule has 0 bridgehead atoms. The number of thiocarbonyl (C=S) groups is 1. The third-order valence-electron chi connectivity index (χ3n) is 7.65. The molecule has 2 aromatic carbocycles. The van der Waals surface area contributed by atoms with E-state index in [0.29, 0.717) is 31.9 Å². The third kappa shape index (κ3) is 6.18. The van der Waals surface area contributed by atoms with Gasteiger partial charge in [-0.1, -0.05) is 91.0 Å². The average molecular weight is 618 g/mol. The van der Waals surface area contributed by atoms with Crippen LogP contribution in [-0.4, -0.2) is 50.8 Å². The van der Waals surface area contributed by atoms with Crippen LogP contribution in [0.1, 0.15) is 41.2 Å². The molecule has 1 amide bonds. The van der Waals surface area contributed by atoms with Crippen LogP contribution in [-0.2, 0) is 24.4 Å². The number of hydrogen-bond acceptors (Lipinski definition) is 7. The summed E-state index contributed by atoms with van der Waals surface area (Å²) in [5, 5.41) is 10.5. The van der Waals surface area contributed by atoms with Crippen molar-refractivity contribution in [3.63, 3.8) is 0 Å². The molecular weight excluding hydrogens is 586 g/mol. The van der Waals surface area contributed by atoms with E-state index in [4.69, 9.17) is 23.8 Å². The molecule has 10 heteroatoms. The van der Waals surface area contributed by atoms with E-state index in [1.807, 2.05) is 37.3 Å². The lowest BCUT2D eigenvalue weighted by atomic mass is 10.0. The lowest BCUT2D eigenvalue weighted by molar-refractivity contribution is -0.122. The summed E-state index contributed by atoms with van der Waals surface area (Å²) in [5.74, 6) is 0.545. The van der Waals surface area contributed by atoms with Crippen molar-refractivity contribution in [2.45, 2.75) is 39.9 Å². The molecule has 0 unspecified atom stereocenters. The maximum absolute atomic E-state index is 13.6. The van der Waals surface area contributed by atoms with E-state index < -0.39 is 0 Å². The molecule has 0 spiro atoms. The summed E-state index contributed by atoms with van der Waals surface area (Å²) in [6.45, 7) is 8.51. The van der Waals surface area contributed by atoms with E-state index in [-0.39, 0.29) is 23.6 Å². The van der Waals surface area contributed by atoms with Gasteiger partial charge in [-0.15, -0.1) is 0 Å². The van der Waals surface area contributed by atoms with Crippen LogP contribution < -0.4 is 10.5 Å². The highest BCUT2D eigenvalue weighted by molar-refractivity contribution is 8.26. The van der Waals surface area contributed by atoms with Gasteiger partial charge in [-0.05, 0) is 42.2 Å². The van der Waals surface area contributed by atoms with Gasteiger partial charge in [-0.2, -0.15) is 5.26 Å². The van der Waals surface area contributed by atoms with Crippen molar-refractivity contribution in [1.82, 2.24) is 14.4 Å². The van der Waals surface area contributed by atoms with E-state index in [1.165, 1.54) is 17.3 Å². The lowest BCUT2D eigenvalue weighted by Crippen LogP contribution is -2.48. The van der Waals surface area contributed by atoms with Gasteiger partial charge in [0.05, 0.1) is 11.4 Å². The van der Waals surface area contributed by atoms with Gasteiger partial charge in [0.15, 0.2) is 0 Å². The minimum atomic E-state index is -0.290. The second-order valence-corrected chi connectivity index (χ2v) is 12.5. The molecule has 3 heterocycles. The Bertz CT molecular complexity index is 1640. The number of carbonyl (C=O) groups excluding carboxylic acids is 1. The first-order valence-corrected chi connectivity index (χ1v) is 15.6. The van der Waals surface area contributed by atoms with Gasteiger partial charge in [-0.3, -0.25) is 24.0 Å². The maximum atomic E-state index is 13.6. The molecular formula is C32H32ClN5O2S2. The normalized spacial score (nSPS) is 16.9. The standard InChI is InChI=1S/C32H32ClN5O2S2/c1-3-13-37-29(36-16-14-35(15-17-36)20-23-9-5-4-6-10-23)25(22(2)26(19-34)30(37)39)18-28-31(40)38(32(41)42-28)21-24-11-7-8-12-27(24)33/h4-12,18H,3,13-17,20-21H2,1-2H3/b28-18+. The van der Waals surface area contributed by atoms with Crippen molar-refractivity contribution < 1.29 is 4.79 Å². The second kappa shape index (κ2) is 13.3. The van der Waals surface area contributed by atoms with Crippen LogP contribution in [0.5, 0.6) is 0 Å². The molecule has 2 saturated heterocycles. The molecule has 5 rings (SSSR count). The number of amides is 1. The fourth-order valence-corrected chi connectivity index (χ4v) is 6.87. The van der Waals surface area contributed by atoms with Gasteiger partial charge in [0.2, 0.25) is 0 Å². The largest absolute Gasteiger partial charge is 0.355 e. The zero-order valence-corrected chi connectivity index (χ0v) is 26.1. The average Bonchev–Trinajstić information content (AvgIpc) is 3.25. The van der Waals surface area contributed by atoms with Crippen LogP contribution in [0.2, 0.25) is 5.02 Å². The number of anilines is 1. The SMILES string of the molecule is CCCn1c(N2CCN(Cc3ccccc3)CC2)c(/C=C2/SC(=S)N(Cc3ccccc3Cl)C2=O)c(C)c(C#N)c1=O. The summed E-state index contributed by atoms with van der Waals surface area (Å²) in [5.41, 5.74) is 3.18. The Morgan fingerprint density at radius 2 is 1.71 bits per heavy atom. The molecule has 0 aliphatic carbocycles. The number of hydrogen-bond donors (Lipinski definition) is 0. The Kier molecular flexibility index (Phi) is 9.49. The Morgan fingerprint density at radius 3 is 2.38 bits per heavy atom. The summed E-state index contributed by atoms with van der Waals surface area (Å²) >= 11 is 13.2. The van der Waals surface area contributed by atoms with Crippen molar-refractivity contribution in [2.24, 2.45) is 0 Å². The summed E-state index contributed by atoms with van der Waals surface area (Å²) in [4.78, 5) is 33.8. The molecule has 0 atom stereocenters. The van der Waals surface area contributed by atoms with Gasteiger partial charge >= 0.3 is 0 Å². The molecule has 216 valence electrons. The number of rotatable bonds is 8. The summed E-state index contributed by atoms with van der Waals surface area (Å²) in [7, 11) is 0. The van der Waals surface area contributed by atoms with Crippen LogP contribution in [0.25, 0.3) is 6.08 Å². The highest BCUT2D eigenvalue weighted by atomic mass is 35.5. The van der Waals surface area contributed by atoms with Gasteiger partial charge < -0.3 is 4.90 Å². The third-order valence-corrected chi connectivity index (χ3v) is 9.40. The number of nitriles is 1. The van der Waals surface area contributed by atoms with Gasteiger partial charge in [0.25, 0.3) is 11.5 Å². The number of pyridine rings is 1. The van der Waals surface area contributed by atoms with Crippen LogP contribution >= 0.6 is 35.6 Å². The molecule has 0 N–H and O–H groups in total. The predicted octanol–water partition coefficient (Wildman–Crippen LogP) is 5.82. The molecule has 2 aliphatic rings. The van der Waals surface area contributed by atoms with E-state index in [9.17, 15) is 14.9 Å². The fourth-order valence-electron chi connectivity index (χ4n) is 5.44. The van der Waals surface area contributed by atoms with Gasteiger partial charge in [0.1, 0.15) is 21.8 Å². The molecule has 7 nitrogen and oxygen atoms in total. The van der Waals surface area contributed by atoms with Gasteiger partial charge in [0, 0.05) is 49.9 Å². The minimum Gasteiger partial charge on any atom is -0.355 e. The number of piperazine rings is 1. The number of thioether (sulfide) groups is 1. The zero-order valence-electron chi connectivity index (χ0n) is 23.7. The van der Waals surface area contributed by atoms with E-state index in [0.717, 1.165) is 50.5 Å². The zero-order chi connectivity index (χ0) is 29.8. The van der Waals surface area contributed by atoms with Crippen LogP contribution in [0.4, 0.5) is 5.82 Å².